The van der Waals surface area contributed by atoms with Crippen molar-refractivity contribution >= 4 is 28.7 Å². The molecule has 4 heterocycles. The molecule has 0 radical (unpaired) electrons. The highest BCUT2D eigenvalue weighted by Gasteiger charge is 2.18. The van der Waals surface area contributed by atoms with Crippen LogP contribution in [0, 0.1) is 6.92 Å². The van der Waals surface area contributed by atoms with E-state index >= 15 is 0 Å². The fraction of sp³-hybridized carbons (Fsp3) is 0.174. The van der Waals surface area contributed by atoms with Crippen LogP contribution in [0.3, 0.4) is 0 Å². The molecule has 35 heavy (non-hydrogen) atoms. The van der Waals surface area contributed by atoms with Crippen molar-refractivity contribution < 1.29 is 24.0 Å². The number of aliphatic carboxylic acids is 1. The summed E-state index contributed by atoms with van der Waals surface area (Å²) in [6, 6.07) is 12.9. The maximum atomic E-state index is 10.8. The number of carboxylic acid groups (broad SMARTS) is 1. The van der Waals surface area contributed by atoms with Crippen LogP contribution in [0.1, 0.15) is 21.8 Å². The van der Waals surface area contributed by atoms with Crippen molar-refractivity contribution in [3.05, 3.63) is 65.7 Å². The minimum absolute atomic E-state index is 0.0417. The van der Waals surface area contributed by atoms with E-state index in [4.69, 9.17) is 14.4 Å². The molecule has 0 fully saturated rings. The van der Waals surface area contributed by atoms with Gasteiger partial charge in [0.25, 0.3) is 0 Å². The molecule has 12 nitrogen and oxygen atoms in total. The lowest BCUT2D eigenvalue weighted by molar-refractivity contribution is -0.135. The van der Waals surface area contributed by atoms with Crippen LogP contribution >= 0.6 is 0 Å². The molecule has 0 atom stereocenters. The van der Waals surface area contributed by atoms with Gasteiger partial charge in [0.15, 0.2) is 17.6 Å². The Morgan fingerprint density at radius 3 is 2.60 bits per heavy atom. The number of pyridine rings is 1. The van der Waals surface area contributed by atoms with Crippen molar-refractivity contribution in [2.24, 2.45) is 0 Å². The summed E-state index contributed by atoms with van der Waals surface area (Å²) in [4.78, 5) is 24.5. The first-order valence-corrected chi connectivity index (χ1v) is 10.5. The molecule has 0 aliphatic carbocycles. The van der Waals surface area contributed by atoms with E-state index in [9.17, 15) is 9.59 Å². The Bertz CT molecular complexity index is 1480. The molecule has 1 aromatic carbocycles. The Morgan fingerprint density at radius 2 is 2.00 bits per heavy atom. The monoisotopic (exact) mass is 475 g/mol. The first-order valence-electron chi connectivity index (χ1n) is 10.5. The number of fused-ring (bicyclic) bond motifs is 3. The number of rotatable bonds is 7. The number of carbonyl (C=O) groups is 2. The number of hydrogen-bond donors (Lipinski definition) is 2. The third kappa shape index (κ3) is 5.28. The quantitative estimate of drug-likeness (QED) is 0.333. The Kier molecular flexibility index (Phi) is 7.02. The summed E-state index contributed by atoms with van der Waals surface area (Å²) >= 11 is 0. The molecule has 178 valence electrons. The molecule has 0 bridgehead atoms. The van der Waals surface area contributed by atoms with Crippen LogP contribution in [0.15, 0.2) is 53.2 Å². The SMILES string of the molecule is CNCC(=O)O.Cc1cc(-c2nnc3c4ccccc4c(OCc4ccc(C=O)cn4)nn23)no1. The molecule has 5 rings (SSSR count). The number of ether oxygens (including phenoxy) is 1. The average molecular weight is 475 g/mol. The van der Waals surface area contributed by atoms with Crippen molar-refractivity contribution in [3.63, 3.8) is 0 Å². The predicted octanol–water partition coefficient (Wildman–Crippen LogP) is 2.32. The summed E-state index contributed by atoms with van der Waals surface area (Å²) in [6.45, 7) is 2.04. The zero-order chi connectivity index (χ0) is 24.8. The lowest BCUT2D eigenvalue weighted by Gasteiger charge is -2.09. The molecule has 0 saturated heterocycles. The van der Waals surface area contributed by atoms with Crippen molar-refractivity contribution in [1.82, 2.24) is 35.3 Å². The second-order valence-corrected chi connectivity index (χ2v) is 7.35. The van der Waals surface area contributed by atoms with Gasteiger partial charge in [-0.3, -0.25) is 14.6 Å². The van der Waals surface area contributed by atoms with E-state index in [0.29, 0.717) is 40.1 Å². The van der Waals surface area contributed by atoms with E-state index in [1.54, 1.807) is 36.7 Å². The zero-order valence-corrected chi connectivity index (χ0v) is 18.9. The summed E-state index contributed by atoms with van der Waals surface area (Å²) in [5.74, 6) is 0.716. The van der Waals surface area contributed by atoms with Crippen LogP contribution in [0.5, 0.6) is 5.88 Å². The maximum Gasteiger partial charge on any atom is 0.317 e. The average Bonchev–Trinajstić information content (AvgIpc) is 3.49. The van der Waals surface area contributed by atoms with Crippen LogP contribution in [0.2, 0.25) is 0 Å². The van der Waals surface area contributed by atoms with Crippen LogP contribution < -0.4 is 10.1 Å². The van der Waals surface area contributed by atoms with E-state index in [1.807, 2.05) is 24.3 Å². The third-order valence-electron chi connectivity index (χ3n) is 4.76. The third-order valence-corrected chi connectivity index (χ3v) is 4.76. The highest BCUT2D eigenvalue weighted by Crippen LogP contribution is 2.29. The molecule has 5 aromatic rings. The van der Waals surface area contributed by atoms with Gasteiger partial charge in [0, 0.05) is 28.6 Å². The van der Waals surface area contributed by atoms with Gasteiger partial charge >= 0.3 is 5.97 Å². The zero-order valence-electron chi connectivity index (χ0n) is 18.9. The van der Waals surface area contributed by atoms with Gasteiger partial charge in [0.2, 0.25) is 11.7 Å². The van der Waals surface area contributed by atoms with Gasteiger partial charge in [-0.05, 0) is 32.2 Å². The van der Waals surface area contributed by atoms with E-state index in [2.05, 4.69) is 30.8 Å². The van der Waals surface area contributed by atoms with Crippen molar-refractivity contribution in [1.29, 1.82) is 0 Å². The van der Waals surface area contributed by atoms with Crippen molar-refractivity contribution in [3.8, 4) is 17.4 Å². The lowest BCUT2D eigenvalue weighted by Crippen LogP contribution is -2.16. The highest BCUT2D eigenvalue weighted by atomic mass is 16.5. The fourth-order valence-corrected chi connectivity index (χ4v) is 3.17. The van der Waals surface area contributed by atoms with Gasteiger partial charge in [-0.2, -0.15) is 4.52 Å². The van der Waals surface area contributed by atoms with Gasteiger partial charge in [-0.25, -0.2) is 0 Å². The number of hydrogen-bond acceptors (Lipinski definition) is 10. The fourth-order valence-electron chi connectivity index (χ4n) is 3.17. The Hall–Kier alpha value is -4.71. The number of aryl methyl sites for hydroxylation is 1. The summed E-state index contributed by atoms with van der Waals surface area (Å²) in [6.07, 6.45) is 2.26. The molecule has 0 amide bonds. The molecule has 0 unspecified atom stereocenters. The van der Waals surface area contributed by atoms with E-state index in [0.717, 1.165) is 17.1 Å². The Morgan fingerprint density at radius 1 is 1.20 bits per heavy atom. The van der Waals surface area contributed by atoms with Gasteiger partial charge in [0.1, 0.15) is 12.4 Å². The first-order chi connectivity index (χ1) is 17.0. The smallest absolute Gasteiger partial charge is 0.317 e. The number of likely N-dealkylation sites (N-methyl/N-ethyl adjacent to an activating group) is 1. The molecular weight excluding hydrogens is 454 g/mol. The maximum absolute atomic E-state index is 10.8. The summed E-state index contributed by atoms with van der Waals surface area (Å²) in [7, 11) is 1.59. The van der Waals surface area contributed by atoms with E-state index in [-0.39, 0.29) is 13.2 Å². The molecule has 0 spiro atoms. The van der Waals surface area contributed by atoms with Crippen molar-refractivity contribution in [2.75, 3.05) is 13.6 Å². The van der Waals surface area contributed by atoms with Crippen LogP contribution in [0.25, 0.3) is 27.9 Å². The van der Waals surface area contributed by atoms with Gasteiger partial charge in [0.05, 0.1) is 12.2 Å². The molecule has 0 aliphatic rings. The Labute approximate surface area is 198 Å². The number of nitrogens with zero attached hydrogens (tertiary/aromatic N) is 6. The number of aldehydes is 1. The number of carbonyl (C=O) groups excluding carboxylic acids is 1. The molecule has 0 aliphatic heterocycles. The second kappa shape index (κ2) is 10.5. The number of aromatic nitrogens is 6. The number of carboxylic acids is 1. The van der Waals surface area contributed by atoms with Crippen molar-refractivity contribution in [2.45, 2.75) is 13.5 Å². The summed E-state index contributed by atoms with van der Waals surface area (Å²) < 4.78 is 12.7. The molecular formula is C23H21N7O5. The lowest BCUT2D eigenvalue weighted by atomic mass is 10.2. The standard InChI is InChI=1S/C20H14N6O3.C3H7NO2/c1-12-8-17(25-29-12)19-23-22-18-15-4-2-3-5-16(15)20(24-26(18)19)28-11-14-7-6-13(10-27)9-21-14;1-4-2-3(5)6/h2-10H,11H2,1H3;4H,2H2,1H3,(H,5,6). The normalized spacial score (nSPS) is 10.7. The minimum atomic E-state index is -0.822. The predicted molar refractivity (Wildman–Crippen MR) is 124 cm³/mol. The van der Waals surface area contributed by atoms with Gasteiger partial charge in [-0.15, -0.1) is 15.3 Å². The van der Waals surface area contributed by atoms with E-state index < -0.39 is 5.97 Å². The number of benzene rings is 1. The molecule has 4 aromatic heterocycles. The van der Waals surface area contributed by atoms with Gasteiger partial charge < -0.3 is 19.7 Å². The minimum Gasteiger partial charge on any atom is -0.480 e. The highest BCUT2D eigenvalue weighted by molar-refractivity contribution is 5.96. The van der Waals surface area contributed by atoms with E-state index in [1.165, 1.54) is 6.20 Å². The number of nitrogens with one attached hydrogen (secondary N) is 1. The summed E-state index contributed by atoms with van der Waals surface area (Å²) in [5, 5.41) is 29.1. The first kappa shape index (κ1) is 23.4. The molecule has 2 N–H and O–H groups in total. The molecule has 0 saturated carbocycles. The Balaban J connectivity index is 0.000000431. The second-order valence-electron chi connectivity index (χ2n) is 7.35. The summed E-state index contributed by atoms with van der Waals surface area (Å²) in [5.41, 5.74) is 2.32. The molecule has 12 heteroatoms. The van der Waals surface area contributed by atoms with Crippen LogP contribution in [-0.2, 0) is 11.4 Å². The van der Waals surface area contributed by atoms with Crippen LogP contribution in [-0.4, -0.2) is 60.9 Å². The largest absolute Gasteiger partial charge is 0.480 e. The van der Waals surface area contributed by atoms with Crippen LogP contribution in [0.4, 0.5) is 0 Å². The van der Waals surface area contributed by atoms with Gasteiger partial charge in [-0.1, -0.05) is 23.4 Å². The topological polar surface area (TPSA) is 158 Å².